The Morgan fingerprint density at radius 3 is 3.12 bits per heavy atom. The first-order valence-corrected chi connectivity index (χ1v) is 6.84. The predicted octanol–water partition coefficient (Wildman–Crippen LogP) is 2.37. The van der Waals surface area contributed by atoms with Gasteiger partial charge in [0.05, 0.1) is 6.54 Å². The minimum absolute atomic E-state index is 0.659. The van der Waals surface area contributed by atoms with Gasteiger partial charge in [-0.3, -0.25) is 4.90 Å². The topological polar surface area (TPSA) is 28.4 Å². The van der Waals surface area contributed by atoms with Crippen molar-refractivity contribution in [1.82, 2.24) is 10.2 Å². The molecule has 0 saturated carbocycles. The van der Waals surface area contributed by atoms with E-state index in [4.69, 9.17) is 4.42 Å². The number of nitrogens with one attached hydrogen (secondary N) is 1. The summed E-state index contributed by atoms with van der Waals surface area (Å²) in [6, 6.07) is 5.41. The molecule has 2 atom stereocenters. The maximum atomic E-state index is 5.50. The van der Waals surface area contributed by atoms with Crippen molar-refractivity contribution in [3.8, 4) is 0 Å². The third kappa shape index (κ3) is 2.06. The van der Waals surface area contributed by atoms with E-state index >= 15 is 0 Å². The summed E-state index contributed by atoms with van der Waals surface area (Å²) in [5.74, 6) is 1.02. The van der Waals surface area contributed by atoms with Gasteiger partial charge in [0, 0.05) is 18.6 Å². The minimum atomic E-state index is 0.659. The second kappa shape index (κ2) is 4.51. The van der Waals surface area contributed by atoms with Gasteiger partial charge in [0.2, 0.25) is 0 Å². The number of rotatable bonds is 3. The van der Waals surface area contributed by atoms with Crippen LogP contribution in [-0.2, 0) is 6.54 Å². The average Bonchev–Trinajstić information content (AvgIpc) is 2.91. The predicted molar refractivity (Wildman–Crippen MR) is 66.2 cm³/mol. The highest BCUT2D eigenvalue weighted by atomic mass is 79.9. The van der Waals surface area contributed by atoms with Crippen molar-refractivity contribution in [3.05, 3.63) is 22.6 Å². The van der Waals surface area contributed by atoms with Crippen LogP contribution >= 0.6 is 15.9 Å². The van der Waals surface area contributed by atoms with E-state index in [0.29, 0.717) is 6.04 Å². The molecule has 0 aliphatic carbocycles. The summed E-state index contributed by atoms with van der Waals surface area (Å²) in [6.07, 6.45) is 4.02. The number of nitrogens with zero attached hydrogens (tertiary/aromatic N) is 1. The molecule has 2 saturated heterocycles. The molecule has 3 heterocycles. The number of halogens is 1. The van der Waals surface area contributed by atoms with Gasteiger partial charge in [-0.15, -0.1) is 0 Å². The molecule has 2 unspecified atom stereocenters. The lowest BCUT2D eigenvalue weighted by Gasteiger charge is -2.20. The third-order valence-corrected chi connectivity index (χ3v) is 4.20. The molecule has 4 heteroatoms. The van der Waals surface area contributed by atoms with Gasteiger partial charge in [-0.25, -0.2) is 0 Å². The molecule has 88 valence electrons. The molecule has 0 amide bonds. The molecular weight excluding hydrogens is 268 g/mol. The molecule has 3 rings (SSSR count). The van der Waals surface area contributed by atoms with Gasteiger partial charge in [0.15, 0.2) is 4.67 Å². The Morgan fingerprint density at radius 2 is 2.31 bits per heavy atom. The maximum absolute atomic E-state index is 5.50. The Balaban J connectivity index is 1.55. The Hall–Kier alpha value is -0.320. The minimum Gasteiger partial charge on any atom is -0.453 e. The summed E-state index contributed by atoms with van der Waals surface area (Å²) in [6.45, 7) is 3.42. The third-order valence-electron chi connectivity index (χ3n) is 3.77. The van der Waals surface area contributed by atoms with Crippen LogP contribution < -0.4 is 5.32 Å². The molecule has 2 aliphatic rings. The zero-order chi connectivity index (χ0) is 11.0. The van der Waals surface area contributed by atoms with Gasteiger partial charge in [-0.2, -0.15) is 0 Å². The van der Waals surface area contributed by atoms with Crippen molar-refractivity contribution in [2.45, 2.75) is 37.9 Å². The molecule has 2 aliphatic heterocycles. The van der Waals surface area contributed by atoms with E-state index in [1.54, 1.807) is 0 Å². The van der Waals surface area contributed by atoms with Crippen molar-refractivity contribution in [1.29, 1.82) is 0 Å². The Kier molecular flexibility index (Phi) is 3.05. The summed E-state index contributed by atoms with van der Waals surface area (Å²) >= 11 is 3.33. The Labute approximate surface area is 104 Å². The van der Waals surface area contributed by atoms with Crippen LogP contribution in [0.4, 0.5) is 0 Å². The van der Waals surface area contributed by atoms with E-state index in [0.717, 1.165) is 23.0 Å². The lowest BCUT2D eigenvalue weighted by Crippen LogP contribution is -2.38. The van der Waals surface area contributed by atoms with Crippen molar-refractivity contribution >= 4 is 15.9 Å². The lowest BCUT2D eigenvalue weighted by atomic mass is 10.1. The van der Waals surface area contributed by atoms with Crippen molar-refractivity contribution < 1.29 is 4.42 Å². The molecule has 0 radical (unpaired) electrons. The fraction of sp³-hybridized carbons (Fsp3) is 0.667. The van der Waals surface area contributed by atoms with Gasteiger partial charge >= 0.3 is 0 Å². The molecule has 0 spiro atoms. The molecular formula is C12H17BrN2O. The quantitative estimate of drug-likeness (QED) is 0.924. The molecule has 2 fully saturated rings. The highest BCUT2D eigenvalue weighted by Crippen LogP contribution is 2.28. The van der Waals surface area contributed by atoms with E-state index in [1.165, 1.54) is 32.4 Å². The van der Waals surface area contributed by atoms with Gasteiger partial charge in [0.25, 0.3) is 0 Å². The summed E-state index contributed by atoms with van der Waals surface area (Å²) in [7, 11) is 0. The summed E-state index contributed by atoms with van der Waals surface area (Å²) in [5, 5.41) is 3.63. The monoisotopic (exact) mass is 284 g/mol. The van der Waals surface area contributed by atoms with E-state index in [-0.39, 0.29) is 0 Å². The second-order valence-corrected chi connectivity index (χ2v) is 5.51. The van der Waals surface area contributed by atoms with Gasteiger partial charge < -0.3 is 9.73 Å². The van der Waals surface area contributed by atoms with Crippen LogP contribution in [0.1, 0.15) is 25.0 Å². The van der Waals surface area contributed by atoms with E-state index < -0.39 is 0 Å². The average molecular weight is 285 g/mol. The Bertz CT molecular complexity index is 366. The fourth-order valence-corrected chi connectivity index (χ4v) is 3.34. The van der Waals surface area contributed by atoms with Gasteiger partial charge in [0.1, 0.15) is 5.76 Å². The highest BCUT2D eigenvalue weighted by Gasteiger charge is 2.36. The lowest BCUT2D eigenvalue weighted by molar-refractivity contribution is 0.295. The smallest absolute Gasteiger partial charge is 0.169 e. The number of fused-ring (bicyclic) bond motifs is 1. The zero-order valence-electron chi connectivity index (χ0n) is 9.29. The van der Waals surface area contributed by atoms with Crippen LogP contribution in [-0.4, -0.2) is 30.1 Å². The van der Waals surface area contributed by atoms with Crippen LogP contribution in [0.25, 0.3) is 0 Å². The standard InChI is InChI=1S/C12H17BrN2O/c13-12-4-3-9(16-12)8-14-10-5-7-15-6-1-2-11(10)15/h3-4,10-11,14H,1-2,5-8H2. The highest BCUT2D eigenvalue weighted by molar-refractivity contribution is 9.10. The zero-order valence-corrected chi connectivity index (χ0v) is 10.9. The summed E-state index contributed by atoms with van der Waals surface area (Å²) < 4.78 is 6.31. The molecule has 1 aromatic rings. The van der Waals surface area contributed by atoms with E-state index in [9.17, 15) is 0 Å². The Morgan fingerprint density at radius 1 is 1.38 bits per heavy atom. The maximum Gasteiger partial charge on any atom is 0.169 e. The number of hydrogen-bond acceptors (Lipinski definition) is 3. The van der Waals surface area contributed by atoms with Crippen molar-refractivity contribution in [2.24, 2.45) is 0 Å². The van der Waals surface area contributed by atoms with Crippen LogP contribution in [0, 0.1) is 0 Å². The number of hydrogen-bond donors (Lipinski definition) is 1. The molecule has 0 bridgehead atoms. The molecule has 1 aromatic heterocycles. The van der Waals surface area contributed by atoms with E-state index in [2.05, 4.69) is 26.1 Å². The van der Waals surface area contributed by atoms with Gasteiger partial charge in [-0.05, 0) is 53.9 Å². The summed E-state index contributed by atoms with van der Waals surface area (Å²) in [5.41, 5.74) is 0. The van der Waals surface area contributed by atoms with Gasteiger partial charge in [-0.1, -0.05) is 0 Å². The molecule has 16 heavy (non-hydrogen) atoms. The second-order valence-electron chi connectivity index (χ2n) is 4.73. The van der Waals surface area contributed by atoms with E-state index in [1.807, 2.05) is 12.1 Å². The van der Waals surface area contributed by atoms with Crippen LogP contribution in [0.3, 0.4) is 0 Å². The number of furan rings is 1. The SMILES string of the molecule is Brc1ccc(CNC2CCN3CCCC23)o1. The first kappa shape index (κ1) is 10.8. The van der Waals surface area contributed by atoms with Crippen LogP contribution in [0.15, 0.2) is 21.2 Å². The van der Waals surface area contributed by atoms with Crippen LogP contribution in [0.5, 0.6) is 0 Å². The first-order valence-electron chi connectivity index (χ1n) is 6.04. The first-order chi connectivity index (χ1) is 7.83. The molecule has 0 aromatic carbocycles. The fourth-order valence-electron chi connectivity index (χ4n) is 3.00. The molecule has 1 N–H and O–H groups in total. The normalized spacial score (nSPS) is 29.8. The summed E-state index contributed by atoms with van der Waals surface area (Å²) in [4.78, 5) is 2.62. The van der Waals surface area contributed by atoms with Crippen molar-refractivity contribution in [2.75, 3.05) is 13.1 Å². The molecule has 3 nitrogen and oxygen atoms in total. The van der Waals surface area contributed by atoms with Crippen molar-refractivity contribution in [3.63, 3.8) is 0 Å². The largest absolute Gasteiger partial charge is 0.453 e. The van der Waals surface area contributed by atoms with Crippen LogP contribution in [0.2, 0.25) is 0 Å².